The van der Waals surface area contributed by atoms with Crippen molar-refractivity contribution in [3.8, 4) is 23.0 Å². The molecule has 0 bridgehead atoms. The number of rotatable bonds is 12. The molecule has 0 radical (unpaired) electrons. The molecule has 1 atom stereocenters. The van der Waals surface area contributed by atoms with Gasteiger partial charge in [-0.15, -0.1) is 0 Å². The molecule has 1 heterocycles. The first-order chi connectivity index (χ1) is 18.3. The molecule has 1 unspecified atom stereocenters. The molecule has 2 aromatic carbocycles. The summed E-state index contributed by atoms with van der Waals surface area (Å²) in [5, 5.41) is 8.90. The lowest BCUT2D eigenvalue weighted by Gasteiger charge is -2.16. The number of carbonyl (C=O) groups excluding carboxylic acids is 3. The van der Waals surface area contributed by atoms with E-state index in [9.17, 15) is 14.4 Å². The molecule has 10 heteroatoms. The van der Waals surface area contributed by atoms with Gasteiger partial charge in [-0.25, -0.2) is 4.79 Å². The largest absolute Gasteiger partial charge is 0.493 e. The van der Waals surface area contributed by atoms with Crippen LogP contribution >= 0.6 is 0 Å². The second-order valence-corrected chi connectivity index (χ2v) is 8.53. The highest BCUT2D eigenvalue weighted by Gasteiger charge is 2.25. The third-order valence-corrected chi connectivity index (χ3v) is 5.68. The summed E-state index contributed by atoms with van der Waals surface area (Å²) in [4.78, 5) is 38.5. The monoisotopic (exact) mass is 524 g/mol. The number of nitrogens with two attached hydrogens (primary N) is 1. The average Bonchev–Trinajstić information content (AvgIpc) is 3.36. The van der Waals surface area contributed by atoms with Crippen molar-refractivity contribution in [1.29, 1.82) is 0 Å². The Morgan fingerprint density at radius 3 is 2.05 bits per heavy atom. The van der Waals surface area contributed by atoms with Crippen molar-refractivity contribution >= 4 is 29.8 Å². The van der Waals surface area contributed by atoms with Crippen LogP contribution in [0.5, 0.6) is 23.0 Å². The second-order valence-electron chi connectivity index (χ2n) is 8.53. The minimum atomic E-state index is -0.495. The average molecular weight is 525 g/mol. The van der Waals surface area contributed by atoms with Gasteiger partial charge in [-0.1, -0.05) is 24.3 Å². The molecule has 38 heavy (non-hydrogen) atoms. The summed E-state index contributed by atoms with van der Waals surface area (Å²) < 4.78 is 21.4. The first-order valence-electron chi connectivity index (χ1n) is 12.1. The Morgan fingerprint density at radius 2 is 1.53 bits per heavy atom. The molecular weight excluding hydrogens is 492 g/mol. The summed E-state index contributed by atoms with van der Waals surface area (Å²) in [6.07, 6.45) is 5.72. The van der Waals surface area contributed by atoms with Crippen LogP contribution in [0.2, 0.25) is 0 Å². The van der Waals surface area contributed by atoms with E-state index in [1.807, 2.05) is 0 Å². The Morgan fingerprint density at radius 1 is 0.947 bits per heavy atom. The van der Waals surface area contributed by atoms with Crippen LogP contribution in [0.4, 0.5) is 4.79 Å². The quantitative estimate of drug-likeness (QED) is 0.317. The van der Waals surface area contributed by atoms with Crippen molar-refractivity contribution in [2.45, 2.75) is 18.9 Å². The molecule has 0 aromatic heterocycles. The topological polar surface area (TPSA) is 138 Å². The summed E-state index contributed by atoms with van der Waals surface area (Å²) in [6.45, 7) is 1.00. The van der Waals surface area contributed by atoms with E-state index in [4.69, 9.17) is 29.8 Å². The van der Waals surface area contributed by atoms with E-state index < -0.39 is 6.09 Å². The maximum atomic E-state index is 12.3. The molecular formula is C28H32N2O8. The zero-order valence-electron chi connectivity index (χ0n) is 21.4. The van der Waals surface area contributed by atoms with Crippen LogP contribution in [-0.4, -0.2) is 74.2 Å². The van der Waals surface area contributed by atoms with Gasteiger partial charge in [-0.2, -0.15) is 0 Å². The van der Waals surface area contributed by atoms with E-state index >= 15 is 0 Å². The van der Waals surface area contributed by atoms with Crippen LogP contribution in [0.15, 0.2) is 48.6 Å². The first-order valence-corrected chi connectivity index (χ1v) is 12.1. The molecule has 1 amide bonds. The van der Waals surface area contributed by atoms with Crippen molar-refractivity contribution in [3.63, 3.8) is 0 Å². The lowest BCUT2D eigenvalue weighted by Crippen LogP contribution is -2.34. The van der Waals surface area contributed by atoms with E-state index in [-0.39, 0.29) is 43.0 Å². The van der Waals surface area contributed by atoms with Gasteiger partial charge in [0, 0.05) is 19.1 Å². The smallest absolute Gasteiger partial charge is 0.415 e. The first kappa shape index (κ1) is 28.4. The van der Waals surface area contributed by atoms with E-state index in [1.165, 1.54) is 26.4 Å². The molecule has 0 aliphatic carbocycles. The third-order valence-electron chi connectivity index (χ3n) is 5.68. The highest BCUT2D eigenvalue weighted by molar-refractivity contribution is 6.10. The number of allylic oxidation sites excluding steroid dienone is 2. The summed E-state index contributed by atoms with van der Waals surface area (Å²) in [7, 11) is 2.94. The predicted octanol–water partition coefficient (Wildman–Crippen LogP) is 2.86. The zero-order valence-corrected chi connectivity index (χ0v) is 21.4. The molecule has 0 saturated carbocycles. The maximum absolute atomic E-state index is 12.3. The van der Waals surface area contributed by atoms with Gasteiger partial charge < -0.3 is 34.7 Å². The maximum Gasteiger partial charge on any atom is 0.415 e. The Balaban J connectivity index is 1.55. The van der Waals surface area contributed by atoms with Gasteiger partial charge in [-0.05, 0) is 54.0 Å². The van der Waals surface area contributed by atoms with Gasteiger partial charge in [0.25, 0.3) is 0 Å². The van der Waals surface area contributed by atoms with Gasteiger partial charge in [0.05, 0.1) is 27.2 Å². The van der Waals surface area contributed by atoms with E-state index in [1.54, 1.807) is 53.5 Å². The summed E-state index contributed by atoms with van der Waals surface area (Å²) >= 11 is 0. The van der Waals surface area contributed by atoms with E-state index in [0.29, 0.717) is 41.5 Å². The van der Waals surface area contributed by atoms with Crippen LogP contribution in [-0.2, 0) is 9.59 Å². The van der Waals surface area contributed by atoms with Gasteiger partial charge in [0.2, 0.25) is 0 Å². The summed E-state index contributed by atoms with van der Waals surface area (Å²) in [5.41, 5.74) is 7.17. The molecule has 2 aromatic rings. The molecule has 1 aliphatic heterocycles. The van der Waals surface area contributed by atoms with Crippen LogP contribution in [0, 0.1) is 0 Å². The van der Waals surface area contributed by atoms with Gasteiger partial charge in [-0.3, -0.25) is 9.59 Å². The van der Waals surface area contributed by atoms with Gasteiger partial charge >= 0.3 is 6.09 Å². The number of aliphatic hydroxyl groups excluding tert-OH is 1. The number of likely N-dealkylation sites (tertiary alicyclic amines) is 1. The molecule has 1 aliphatic rings. The van der Waals surface area contributed by atoms with E-state index in [0.717, 1.165) is 6.42 Å². The van der Waals surface area contributed by atoms with Gasteiger partial charge in [0.1, 0.15) is 6.61 Å². The van der Waals surface area contributed by atoms with E-state index in [2.05, 4.69) is 0 Å². The van der Waals surface area contributed by atoms with Crippen molar-refractivity contribution < 1.29 is 38.4 Å². The number of amides is 1. The fourth-order valence-electron chi connectivity index (χ4n) is 3.71. The van der Waals surface area contributed by atoms with Crippen LogP contribution in [0.25, 0.3) is 12.2 Å². The third kappa shape index (κ3) is 8.19. The minimum Gasteiger partial charge on any atom is -0.493 e. The second kappa shape index (κ2) is 14.0. The lowest BCUT2D eigenvalue weighted by atomic mass is 10.1. The Kier molecular flexibility index (Phi) is 10.4. The summed E-state index contributed by atoms with van der Waals surface area (Å²) in [5.74, 6) is 0.795. The number of benzene rings is 2. The molecule has 1 saturated heterocycles. The van der Waals surface area contributed by atoms with Crippen molar-refractivity contribution in [2.75, 3.05) is 40.5 Å². The highest BCUT2D eigenvalue weighted by Crippen LogP contribution is 2.30. The number of ether oxygens (including phenoxy) is 4. The normalized spacial score (nSPS) is 15.2. The number of carbonyl (C=O) groups is 3. The molecule has 202 valence electrons. The number of methoxy groups -OCH3 is 2. The molecule has 0 spiro atoms. The Labute approximate surface area is 221 Å². The lowest BCUT2D eigenvalue weighted by molar-refractivity contribution is -0.121. The zero-order chi connectivity index (χ0) is 27.5. The Hall–Kier alpha value is -4.15. The Bertz CT molecular complexity index is 1210. The fraction of sp³-hybridized carbons (Fsp3) is 0.321. The van der Waals surface area contributed by atoms with Crippen molar-refractivity contribution in [3.05, 3.63) is 59.7 Å². The molecule has 3 rings (SSSR count). The van der Waals surface area contributed by atoms with Gasteiger partial charge in [0.15, 0.2) is 34.6 Å². The van der Waals surface area contributed by atoms with Crippen LogP contribution in [0.1, 0.15) is 24.0 Å². The molecule has 10 nitrogen and oxygen atoms in total. The number of ketones is 2. The predicted molar refractivity (Wildman–Crippen MR) is 141 cm³/mol. The van der Waals surface area contributed by atoms with Crippen molar-refractivity contribution in [1.82, 2.24) is 4.90 Å². The minimum absolute atomic E-state index is 0.0511. The van der Waals surface area contributed by atoms with Crippen molar-refractivity contribution in [2.24, 2.45) is 5.73 Å². The fourth-order valence-corrected chi connectivity index (χ4v) is 3.71. The van der Waals surface area contributed by atoms with Crippen LogP contribution in [0.3, 0.4) is 0 Å². The molecule has 1 fully saturated rings. The highest BCUT2D eigenvalue weighted by atomic mass is 16.6. The number of hydrogen-bond acceptors (Lipinski definition) is 9. The molecule has 3 N–H and O–H groups in total. The summed E-state index contributed by atoms with van der Waals surface area (Å²) in [6, 6.07) is 9.93. The standard InChI is InChI=1S/C28H32N2O8/c1-35-26-15-19(5-9-24(26)37-14-13-31)3-7-22(32)17-23(33)8-4-20-6-10-25(27(16-20)36-2)38-28(34)30-12-11-21(29)18-30/h3-10,15-16,21,31H,11-14,17-18,29H2,1-2H3. The SMILES string of the molecule is COc1cc(C=CC(=O)CC(=O)C=Cc2ccc(OC(=O)N3CCC(N)C3)c(OC)c2)ccc1OCCO. The number of hydrogen-bond donors (Lipinski definition) is 2. The number of aliphatic hydroxyl groups is 1. The number of nitrogens with zero attached hydrogens (tertiary/aromatic N) is 1. The van der Waals surface area contributed by atoms with Crippen LogP contribution < -0.4 is 24.7 Å².